The summed E-state index contributed by atoms with van der Waals surface area (Å²) in [6, 6.07) is 5.92. The van der Waals surface area contributed by atoms with E-state index in [4.69, 9.17) is 14.4 Å². The molecule has 0 aromatic heterocycles. The van der Waals surface area contributed by atoms with Gasteiger partial charge in [-0.3, -0.25) is 4.79 Å². The van der Waals surface area contributed by atoms with Crippen molar-refractivity contribution in [2.45, 2.75) is 39.5 Å². The van der Waals surface area contributed by atoms with Gasteiger partial charge in [0.05, 0.1) is 12.7 Å². The third-order valence-electron chi connectivity index (χ3n) is 2.74. The lowest BCUT2D eigenvalue weighted by Gasteiger charge is -2.23. The van der Waals surface area contributed by atoms with Crippen LogP contribution in [-0.4, -0.2) is 30.3 Å². The van der Waals surface area contributed by atoms with Crippen molar-refractivity contribution in [1.82, 2.24) is 5.09 Å². The van der Waals surface area contributed by atoms with Gasteiger partial charge in [-0.2, -0.15) is 0 Å². The molecule has 8 heteroatoms. The first kappa shape index (κ1) is 18.6. The molecule has 0 saturated carbocycles. The van der Waals surface area contributed by atoms with Gasteiger partial charge in [0.1, 0.15) is 6.04 Å². The number of benzene rings is 1. The van der Waals surface area contributed by atoms with Gasteiger partial charge in [-0.1, -0.05) is 12.1 Å². The molecule has 0 spiro atoms. The van der Waals surface area contributed by atoms with Gasteiger partial charge in [0.25, 0.3) is 0 Å². The van der Waals surface area contributed by atoms with E-state index in [9.17, 15) is 9.36 Å². The van der Waals surface area contributed by atoms with Crippen LogP contribution in [0.2, 0.25) is 0 Å². The van der Waals surface area contributed by atoms with Crippen LogP contribution in [0.15, 0.2) is 24.3 Å². The molecule has 0 radical (unpaired) electrons. The summed E-state index contributed by atoms with van der Waals surface area (Å²) in [5.41, 5.74) is 1.28. The van der Waals surface area contributed by atoms with E-state index in [-0.39, 0.29) is 12.7 Å². The fourth-order valence-electron chi connectivity index (χ4n) is 1.63. The van der Waals surface area contributed by atoms with Crippen molar-refractivity contribution in [3.63, 3.8) is 0 Å². The number of aliphatic hydroxyl groups is 1. The SMILES string of the molecule is COP(=O)(Nc1ccc(CO)cc1)N[C@@H](C)C(=O)OC(C)C. The van der Waals surface area contributed by atoms with Gasteiger partial charge < -0.3 is 19.5 Å². The Labute approximate surface area is 130 Å². The number of nitrogens with one attached hydrogen (secondary N) is 2. The van der Waals surface area contributed by atoms with Crippen molar-refractivity contribution in [2.75, 3.05) is 12.2 Å². The van der Waals surface area contributed by atoms with Gasteiger partial charge in [-0.05, 0) is 38.5 Å². The smallest absolute Gasteiger partial charge is 0.366 e. The molecule has 1 unspecified atom stereocenters. The molecule has 0 saturated heterocycles. The Balaban J connectivity index is 2.74. The van der Waals surface area contributed by atoms with Gasteiger partial charge in [-0.25, -0.2) is 9.65 Å². The summed E-state index contributed by atoms with van der Waals surface area (Å²) in [5.74, 6) is -0.510. The minimum Gasteiger partial charge on any atom is -0.462 e. The van der Waals surface area contributed by atoms with E-state index in [0.717, 1.165) is 5.56 Å². The van der Waals surface area contributed by atoms with E-state index in [1.807, 2.05) is 0 Å². The molecular weight excluding hydrogens is 307 g/mol. The summed E-state index contributed by atoms with van der Waals surface area (Å²) in [7, 11) is -2.18. The second kappa shape index (κ2) is 8.29. The molecule has 1 rings (SSSR count). The highest BCUT2D eigenvalue weighted by atomic mass is 31.2. The predicted molar refractivity (Wildman–Crippen MR) is 84.4 cm³/mol. The fourth-order valence-corrected chi connectivity index (χ4v) is 2.99. The zero-order valence-corrected chi connectivity index (χ0v) is 14.1. The normalized spacial score (nSPS) is 15.2. The van der Waals surface area contributed by atoms with E-state index in [0.29, 0.717) is 5.69 Å². The number of carbonyl (C=O) groups is 1. The van der Waals surface area contributed by atoms with Crippen LogP contribution in [-0.2, 0) is 25.2 Å². The Morgan fingerprint density at radius 3 is 2.32 bits per heavy atom. The summed E-state index contributed by atoms with van der Waals surface area (Å²) in [6.07, 6.45) is -0.252. The highest BCUT2D eigenvalue weighted by Crippen LogP contribution is 2.42. The molecule has 124 valence electrons. The predicted octanol–water partition coefficient (Wildman–Crippen LogP) is 2.28. The molecule has 3 N–H and O–H groups in total. The van der Waals surface area contributed by atoms with Crippen molar-refractivity contribution < 1.29 is 23.7 Å². The quantitative estimate of drug-likeness (QED) is 0.497. The second-order valence-electron chi connectivity index (χ2n) is 5.04. The minimum absolute atomic E-state index is 0.0709. The van der Waals surface area contributed by atoms with Crippen molar-refractivity contribution in [3.8, 4) is 0 Å². The molecule has 0 fully saturated rings. The summed E-state index contributed by atoms with van der Waals surface area (Å²) in [4.78, 5) is 11.8. The largest absolute Gasteiger partial charge is 0.462 e. The number of hydrogen-bond donors (Lipinski definition) is 3. The number of carbonyl (C=O) groups excluding carboxylic acids is 1. The second-order valence-corrected chi connectivity index (χ2v) is 6.99. The third kappa shape index (κ3) is 5.77. The molecule has 0 aliphatic heterocycles. The molecule has 0 aliphatic rings. The van der Waals surface area contributed by atoms with Crippen LogP contribution in [0.25, 0.3) is 0 Å². The highest BCUT2D eigenvalue weighted by Gasteiger charge is 2.28. The molecule has 22 heavy (non-hydrogen) atoms. The number of rotatable bonds is 8. The van der Waals surface area contributed by atoms with Crippen LogP contribution in [0, 0.1) is 0 Å². The first-order valence-electron chi connectivity index (χ1n) is 6.92. The van der Waals surface area contributed by atoms with Crippen molar-refractivity contribution in [1.29, 1.82) is 0 Å². The molecular formula is C14H23N2O5P. The van der Waals surface area contributed by atoms with Crippen LogP contribution < -0.4 is 10.2 Å². The van der Waals surface area contributed by atoms with E-state index in [1.54, 1.807) is 45.0 Å². The number of aliphatic hydroxyl groups excluding tert-OH is 1. The van der Waals surface area contributed by atoms with Crippen LogP contribution >= 0.6 is 7.67 Å². The molecule has 0 amide bonds. The van der Waals surface area contributed by atoms with E-state index in [2.05, 4.69) is 10.2 Å². The van der Waals surface area contributed by atoms with Gasteiger partial charge >= 0.3 is 13.6 Å². The van der Waals surface area contributed by atoms with E-state index < -0.39 is 19.7 Å². The molecule has 2 atom stereocenters. The Hall–Kier alpha value is -1.40. The molecule has 7 nitrogen and oxygen atoms in total. The summed E-state index contributed by atoms with van der Waals surface area (Å²) < 4.78 is 22.7. The van der Waals surface area contributed by atoms with Crippen LogP contribution in [0.4, 0.5) is 5.69 Å². The van der Waals surface area contributed by atoms with Crippen molar-refractivity contribution in [2.24, 2.45) is 0 Å². The lowest BCUT2D eigenvalue weighted by Crippen LogP contribution is -2.36. The first-order valence-corrected chi connectivity index (χ1v) is 8.54. The Morgan fingerprint density at radius 2 is 1.86 bits per heavy atom. The zero-order valence-electron chi connectivity index (χ0n) is 13.2. The Kier molecular flexibility index (Phi) is 7.03. The van der Waals surface area contributed by atoms with Crippen molar-refractivity contribution in [3.05, 3.63) is 29.8 Å². The average molecular weight is 330 g/mol. The number of ether oxygens (including phenoxy) is 1. The molecule has 0 bridgehead atoms. The maximum absolute atomic E-state index is 12.6. The number of hydrogen-bond acceptors (Lipinski definition) is 5. The third-order valence-corrected chi connectivity index (χ3v) is 4.53. The number of esters is 1. The standard InChI is InChI=1S/C14H23N2O5P/c1-10(2)21-14(18)11(3)15-22(19,20-4)16-13-7-5-12(9-17)6-8-13/h5-8,10-11,17H,9H2,1-4H3,(H2,15,16,19)/t11-,22?/m0/s1. The summed E-state index contributed by atoms with van der Waals surface area (Å²) >= 11 is 0. The van der Waals surface area contributed by atoms with Crippen LogP contribution in [0.3, 0.4) is 0 Å². The molecule has 0 heterocycles. The molecule has 1 aromatic rings. The van der Waals surface area contributed by atoms with Gasteiger partial charge in [0, 0.05) is 12.8 Å². The monoisotopic (exact) mass is 330 g/mol. The maximum atomic E-state index is 12.6. The van der Waals surface area contributed by atoms with Gasteiger partial charge in [0.15, 0.2) is 0 Å². The highest BCUT2D eigenvalue weighted by molar-refractivity contribution is 7.58. The lowest BCUT2D eigenvalue weighted by molar-refractivity contribution is -0.149. The van der Waals surface area contributed by atoms with Crippen LogP contribution in [0.1, 0.15) is 26.3 Å². The van der Waals surface area contributed by atoms with Crippen LogP contribution in [0.5, 0.6) is 0 Å². The van der Waals surface area contributed by atoms with E-state index >= 15 is 0 Å². The van der Waals surface area contributed by atoms with Gasteiger partial charge in [-0.15, -0.1) is 0 Å². The minimum atomic E-state index is -3.46. The Bertz CT molecular complexity index is 533. The van der Waals surface area contributed by atoms with Crippen molar-refractivity contribution >= 4 is 19.3 Å². The average Bonchev–Trinajstić information content (AvgIpc) is 2.47. The molecule has 1 aromatic carbocycles. The number of anilines is 1. The Morgan fingerprint density at radius 1 is 1.27 bits per heavy atom. The fraction of sp³-hybridized carbons (Fsp3) is 0.500. The summed E-state index contributed by atoms with van der Waals surface area (Å²) in [5, 5.41) is 14.3. The summed E-state index contributed by atoms with van der Waals surface area (Å²) in [6.45, 7) is 4.95. The zero-order chi connectivity index (χ0) is 16.8. The first-order chi connectivity index (χ1) is 10.3. The topological polar surface area (TPSA) is 96.9 Å². The van der Waals surface area contributed by atoms with Gasteiger partial charge in [0.2, 0.25) is 0 Å². The molecule has 0 aliphatic carbocycles. The lowest BCUT2D eigenvalue weighted by atomic mass is 10.2. The maximum Gasteiger partial charge on any atom is 0.366 e. The van der Waals surface area contributed by atoms with E-state index in [1.165, 1.54) is 7.11 Å².